The van der Waals surface area contributed by atoms with Gasteiger partial charge in [0.2, 0.25) is 0 Å². The fourth-order valence-corrected chi connectivity index (χ4v) is 4.03. The summed E-state index contributed by atoms with van der Waals surface area (Å²) in [6.07, 6.45) is 2.95. The molecule has 2 aliphatic rings. The highest BCUT2D eigenvalue weighted by atomic mass is 16.5. The molecule has 1 aromatic carbocycles. The van der Waals surface area contributed by atoms with Crippen molar-refractivity contribution in [1.29, 1.82) is 0 Å². The molecule has 21 heavy (non-hydrogen) atoms. The fraction of sp³-hybridized carbons (Fsp3) is 0.667. The SMILES string of the molecule is Cc1cccc(OCCNC2C3CCCOC3C2(C)C)c1. The van der Waals surface area contributed by atoms with E-state index in [1.807, 2.05) is 12.1 Å². The van der Waals surface area contributed by atoms with E-state index in [-0.39, 0.29) is 5.41 Å². The van der Waals surface area contributed by atoms with E-state index < -0.39 is 0 Å². The van der Waals surface area contributed by atoms with Crippen LogP contribution in [0.5, 0.6) is 5.75 Å². The molecular formula is C18H27NO2. The van der Waals surface area contributed by atoms with Crippen LogP contribution in [0.25, 0.3) is 0 Å². The van der Waals surface area contributed by atoms with Crippen molar-refractivity contribution in [2.24, 2.45) is 11.3 Å². The molecule has 3 atom stereocenters. The van der Waals surface area contributed by atoms with Gasteiger partial charge >= 0.3 is 0 Å². The number of fused-ring (bicyclic) bond motifs is 1. The van der Waals surface area contributed by atoms with Crippen molar-refractivity contribution in [2.45, 2.75) is 45.8 Å². The van der Waals surface area contributed by atoms with Gasteiger partial charge in [0.25, 0.3) is 0 Å². The number of hydrogen-bond acceptors (Lipinski definition) is 3. The summed E-state index contributed by atoms with van der Waals surface area (Å²) in [6, 6.07) is 8.79. The molecule has 2 fully saturated rings. The highest BCUT2D eigenvalue weighted by Crippen LogP contribution is 2.51. The first kappa shape index (κ1) is 14.9. The molecule has 3 unspecified atom stereocenters. The number of rotatable bonds is 5. The molecule has 1 heterocycles. The van der Waals surface area contributed by atoms with E-state index in [4.69, 9.17) is 9.47 Å². The second-order valence-electron chi connectivity index (χ2n) is 7.02. The Morgan fingerprint density at radius 3 is 3.05 bits per heavy atom. The lowest BCUT2D eigenvalue weighted by Gasteiger charge is -2.60. The monoisotopic (exact) mass is 289 g/mol. The van der Waals surface area contributed by atoms with Crippen LogP contribution in [0.4, 0.5) is 0 Å². The summed E-state index contributed by atoms with van der Waals surface area (Å²) in [5, 5.41) is 3.69. The second-order valence-corrected chi connectivity index (χ2v) is 7.02. The van der Waals surface area contributed by atoms with Crippen molar-refractivity contribution < 1.29 is 9.47 Å². The van der Waals surface area contributed by atoms with Gasteiger partial charge in [0.05, 0.1) is 6.10 Å². The van der Waals surface area contributed by atoms with Gasteiger partial charge in [-0.3, -0.25) is 0 Å². The molecule has 1 N–H and O–H groups in total. The lowest BCUT2D eigenvalue weighted by molar-refractivity contribution is -0.192. The molecule has 1 aromatic rings. The molecule has 0 bridgehead atoms. The van der Waals surface area contributed by atoms with Crippen LogP contribution >= 0.6 is 0 Å². The molecule has 1 saturated carbocycles. The third-order valence-electron chi connectivity index (χ3n) is 5.06. The Hall–Kier alpha value is -1.06. The smallest absolute Gasteiger partial charge is 0.119 e. The normalized spacial score (nSPS) is 30.3. The Morgan fingerprint density at radius 1 is 1.38 bits per heavy atom. The predicted octanol–water partition coefficient (Wildman–Crippen LogP) is 3.17. The van der Waals surface area contributed by atoms with E-state index in [0.29, 0.717) is 24.7 Å². The summed E-state index contributed by atoms with van der Waals surface area (Å²) in [4.78, 5) is 0. The molecule has 0 spiro atoms. The van der Waals surface area contributed by atoms with Gasteiger partial charge in [-0.1, -0.05) is 26.0 Å². The molecule has 3 nitrogen and oxygen atoms in total. The standard InChI is InChI=1S/C18H27NO2/c1-13-6-4-7-14(12-13)20-11-9-19-16-15-8-5-10-21-17(15)18(16,2)3/h4,6-7,12,15-17,19H,5,8-11H2,1-3H3. The van der Waals surface area contributed by atoms with Crippen molar-refractivity contribution in [3.8, 4) is 5.75 Å². The Bertz CT molecular complexity index is 486. The van der Waals surface area contributed by atoms with Crippen LogP contribution in [0, 0.1) is 18.3 Å². The van der Waals surface area contributed by atoms with Crippen LogP contribution in [0.2, 0.25) is 0 Å². The minimum atomic E-state index is 0.244. The van der Waals surface area contributed by atoms with Crippen molar-refractivity contribution in [3.63, 3.8) is 0 Å². The van der Waals surface area contributed by atoms with E-state index in [2.05, 4.69) is 38.2 Å². The predicted molar refractivity (Wildman–Crippen MR) is 84.7 cm³/mol. The maximum Gasteiger partial charge on any atom is 0.119 e. The van der Waals surface area contributed by atoms with Crippen molar-refractivity contribution in [2.75, 3.05) is 19.8 Å². The third-order valence-corrected chi connectivity index (χ3v) is 5.06. The molecule has 0 amide bonds. The summed E-state index contributed by atoms with van der Waals surface area (Å²) < 4.78 is 11.8. The van der Waals surface area contributed by atoms with Crippen LogP contribution in [0.1, 0.15) is 32.3 Å². The first-order chi connectivity index (χ1) is 10.1. The molecule has 3 heteroatoms. The van der Waals surface area contributed by atoms with Gasteiger partial charge in [0.15, 0.2) is 0 Å². The number of benzene rings is 1. The highest BCUT2D eigenvalue weighted by molar-refractivity contribution is 5.27. The van der Waals surface area contributed by atoms with Crippen LogP contribution in [0.3, 0.4) is 0 Å². The average Bonchev–Trinajstić information content (AvgIpc) is 2.47. The summed E-state index contributed by atoms with van der Waals surface area (Å²) in [6.45, 7) is 9.27. The zero-order chi connectivity index (χ0) is 14.9. The van der Waals surface area contributed by atoms with Gasteiger partial charge in [-0.15, -0.1) is 0 Å². The Kier molecular flexibility index (Phi) is 4.23. The number of ether oxygens (including phenoxy) is 2. The van der Waals surface area contributed by atoms with Gasteiger partial charge in [-0.2, -0.15) is 0 Å². The zero-order valence-corrected chi connectivity index (χ0v) is 13.4. The highest BCUT2D eigenvalue weighted by Gasteiger charge is 2.57. The van der Waals surface area contributed by atoms with Crippen molar-refractivity contribution in [3.05, 3.63) is 29.8 Å². The summed E-state index contributed by atoms with van der Waals surface area (Å²) >= 11 is 0. The van der Waals surface area contributed by atoms with Crippen molar-refractivity contribution in [1.82, 2.24) is 5.32 Å². The van der Waals surface area contributed by atoms with E-state index >= 15 is 0 Å². The van der Waals surface area contributed by atoms with Crippen molar-refractivity contribution >= 4 is 0 Å². The fourth-order valence-electron chi connectivity index (χ4n) is 4.03. The van der Waals surface area contributed by atoms with Gasteiger partial charge < -0.3 is 14.8 Å². The summed E-state index contributed by atoms with van der Waals surface area (Å²) in [5.74, 6) is 1.65. The topological polar surface area (TPSA) is 30.5 Å². The molecule has 0 aromatic heterocycles. The summed E-state index contributed by atoms with van der Waals surface area (Å²) in [7, 11) is 0. The van der Waals surface area contributed by atoms with Crippen LogP contribution in [-0.2, 0) is 4.74 Å². The van der Waals surface area contributed by atoms with E-state index in [9.17, 15) is 0 Å². The molecule has 0 radical (unpaired) electrons. The van der Waals surface area contributed by atoms with Gasteiger partial charge in [0, 0.05) is 30.5 Å². The molecule has 116 valence electrons. The average molecular weight is 289 g/mol. The lowest BCUT2D eigenvalue weighted by Crippen LogP contribution is -2.69. The van der Waals surface area contributed by atoms with Gasteiger partial charge in [-0.25, -0.2) is 0 Å². The molecule has 1 aliphatic heterocycles. The number of aryl methyl sites for hydroxylation is 1. The maximum absolute atomic E-state index is 5.94. The summed E-state index contributed by atoms with van der Waals surface area (Å²) in [5.41, 5.74) is 1.48. The Labute approximate surface area is 128 Å². The van der Waals surface area contributed by atoms with Crippen LogP contribution < -0.4 is 10.1 Å². The van der Waals surface area contributed by atoms with Gasteiger partial charge in [-0.05, 0) is 37.5 Å². The molecule has 1 saturated heterocycles. The Morgan fingerprint density at radius 2 is 2.24 bits per heavy atom. The molecule has 1 aliphatic carbocycles. The van der Waals surface area contributed by atoms with E-state index in [1.54, 1.807) is 0 Å². The number of hydrogen-bond donors (Lipinski definition) is 1. The first-order valence-corrected chi connectivity index (χ1v) is 8.13. The minimum absolute atomic E-state index is 0.244. The quantitative estimate of drug-likeness (QED) is 0.845. The van der Waals surface area contributed by atoms with Gasteiger partial charge in [0.1, 0.15) is 12.4 Å². The second kappa shape index (κ2) is 5.98. The van der Waals surface area contributed by atoms with Crippen LogP contribution in [0.15, 0.2) is 24.3 Å². The van der Waals surface area contributed by atoms with E-state index in [0.717, 1.165) is 18.9 Å². The Balaban J connectivity index is 1.45. The third kappa shape index (κ3) is 2.95. The largest absolute Gasteiger partial charge is 0.492 e. The van der Waals surface area contributed by atoms with E-state index in [1.165, 1.54) is 18.4 Å². The molecular weight excluding hydrogens is 262 g/mol. The minimum Gasteiger partial charge on any atom is -0.492 e. The maximum atomic E-state index is 5.94. The lowest BCUT2D eigenvalue weighted by atomic mass is 9.55. The zero-order valence-electron chi connectivity index (χ0n) is 13.4. The first-order valence-electron chi connectivity index (χ1n) is 8.13. The van der Waals surface area contributed by atoms with Crippen LogP contribution in [-0.4, -0.2) is 31.9 Å². The molecule has 3 rings (SSSR count). The number of nitrogens with one attached hydrogen (secondary N) is 1.